The first kappa shape index (κ1) is 28.8. The molecule has 1 atom stereocenters. The Morgan fingerprint density at radius 3 is 1.93 bits per heavy atom. The van der Waals surface area contributed by atoms with Gasteiger partial charge in [0.25, 0.3) is 5.56 Å². The predicted molar refractivity (Wildman–Crippen MR) is 177 cm³/mol. The lowest BCUT2D eigenvalue weighted by Crippen LogP contribution is -2.50. The highest BCUT2D eigenvalue weighted by Gasteiger charge is 2.34. The number of aromatic amines is 1. The highest BCUT2D eigenvalue weighted by atomic mass is 16.1. The number of aryl methyl sites for hydroxylation is 1. The Labute approximate surface area is 263 Å². The van der Waals surface area contributed by atoms with Gasteiger partial charge in [-0.3, -0.25) is 14.6 Å². The van der Waals surface area contributed by atoms with Gasteiger partial charge in [0.2, 0.25) is 0 Å². The maximum absolute atomic E-state index is 13.8. The summed E-state index contributed by atoms with van der Waals surface area (Å²) in [6.45, 7) is 5.84. The summed E-state index contributed by atoms with van der Waals surface area (Å²) in [5.41, 5.74) is 6.27. The minimum absolute atomic E-state index is 0.111. The van der Waals surface area contributed by atoms with E-state index in [0.717, 1.165) is 49.1 Å². The minimum Gasteiger partial charge on any atom is -0.322 e. The third kappa shape index (κ3) is 6.07. The molecule has 226 valence electrons. The van der Waals surface area contributed by atoms with Gasteiger partial charge in [-0.25, -0.2) is 4.68 Å². The molecule has 1 saturated heterocycles. The molecule has 6 aromatic rings. The Bertz CT molecular complexity index is 1870. The first-order valence-electron chi connectivity index (χ1n) is 15.7. The van der Waals surface area contributed by atoms with Crippen LogP contribution < -0.4 is 5.56 Å². The van der Waals surface area contributed by atoms with E-state index in [1.807, 2.05) is 35.0 Å². The Morgan fingerprint density at radius 1 is 0.711 bits per heavy atom. The molecule has 1 aliphatic rings. The van der Waals surface area contributed by atoms with E-state index in [9.17, 15) is 4.79 Å². The summed E-state index contributed by atoms with van der Waals surface area (Å²) in [4.78, 5) is 21.9. The van der Waals surface area contributed by atoms with Crippen LogP contribution in [0.2, 0.25) is 0 Å². The summed E-state index contributed by atoms with van der Waals surface area (Å²) in [5.74, 6) is 0.673. The number of nitrogens with zero attached hydrogens (tertiary/aromatic N) is 6. The van der Waals surface area contributed by atoms with Crippen molar-refractivity contribution in [2.24, 2.45) is 0 Å². The van der Waals surface area contributed by atoms with Crippen molar-refractivity contribution in [2.45, 2.75) is 32.0 Å². The van der Waals surface area contributed by atoms with Crippen molar-refractivity contribution < 1.29 is 0 Å². The van der Waals surface area contributed by atoms with Crippen molar-refractivity contribution in [3.63, 3.8) is 0 Å². The number of hydrogen-bond donors (Lipinski definition) is 1. The van der Waals surface area contributed by atoms with Gasteiger partial charge in [-0.15, -0.1) is 5.10 Å². The molecule has 0 bridgehead atoms. The Morgan fingerprint density at radius 2 is 1.31 bits per heavy atom. The standard InChI is InChI=1S/C37H37N7O/c1-2-27-18-19-33-31(24-27)25-32(37(45)38-33)35(36-39-40-41-44(36)26-28-12-6-3-7-13-28)43-22-20-42(21-23-43)34(29-14-8-4-9-15-29)30-16-10-5-11-17-30/h3-19,24-25,34-35H,2,20-23,26H2,1H3,(H,38,45). The van der Waals surface area contributed by atoms with Crippen LogP contribution in [0.3, 0.4) is 0 Å². The number of H-pyrrole nitrogens is 1. The lowest BCUT2D eigenvalue weighted by Gasteiger charge is -2.42. The van der Waals surface area contributed by atoms with Crippen LogP contribution >= 0.6 is 0 Å². The molecule has 1 unspecified atom stereocenters. The van der Waals surface area contributed by atoms with Gasteiger partial charge in [0.05, 0.1) is 12.6 Å². The van der Waals surface area contributed by atoms with Crippen molar-refractivity contribution >= 4 is 10.9 Å². The predicted octanol–water partition coefficient (Wildman–Crippen LogP) is 5.62. The quantitative estimate of drug-likeness (QED) is 0.234. The van der Waals surface area contributed by atoms with Crippen LogP contribution in [0.1, 0.15) is 52.6 Å². The molecule has 8 heteroatoms. The highest BCUT2D eigenvalue weighted by molar-refractivity contribution is 5.80. The average molecular weight is 596 g/mol. The molecule has 45 heavy (non-hydrogen) atoms. The second-order valence-corrected chi connectivity index (χ2v) is 11.7. The average Bonchev–Trinajstić information content (AvgIpc) is 3.54. The second kappa shape index (κ2) is 13.0. The van der Waals surface area contributed by atoms with Gasteiger partial charge in [-0.1, -0.05) is 104 Å². The molecule has 0 saturated carbocycles. The van der Waals surface area contributed by atoms with E-state index in [2.05, 4.69) is 122 Å². The molecule has 0 radical (unpaired) electrons. The van der Waals surface area contributed by atoms with Gasteiger partial charge in [0.1, 0.15) is 6.04 Å². The van der Waals surface area contributed by atoms with Crippen molar-refractivity contribution in [3.8, 4) is 0 Å². The molecule has 1 N–H and O–H groups in total. The topological polar surface area (TPSA) is 82.9 Å². The fraction of sp³-hybridized carbons (Fsp3) is 0.243. The number of tetrazole rings is 1. The van der Waals surface area contributed by atoms with E-state index in [1.54, 1.807) is 0 Å². The highest BCUT2D eigenvalue weighted by Crippen LogP contribution is 2.33. The summed E-state index contributed by atoms with van der Waals surface area (Å²) in [6.07, 6.45) is 0.926. The SMILES string of the molecule is CCc1ccc2[nH]c(=O)c(C(c3nnnn3Cc3ccccc3)N3CCN(C(c4ccccc4)c4ccccc4)CC3)cc2c1. The van der Waals surface area contributed by atoms with Crippen molar-refractivity contribution in [3.05, 3.63) is 159 Å². The molecule has 3 heterocycles. The largest absolute Gasteiger partial charge is 0.322 e. The molecular formula is C37H37N7O. The molecule has 1 aliphatic heterocycles. The molecule has 2 aromatic heterocycles. The molecule has 0 aliphatic carbocycles. The zero-order chi connectivity index (χ0) is 30.6. The maximum atomic E-state index is 13.8. The molecule has 0 spiro atoms. The first-order valence-corrected chi connectivity index (χ1v) is 15.7. The summed E-state index contributed by atoms with van der Waals surface area (Å²) in [7, 11) is 0. The number of piperazine rings is 1. The number of benzene rings is 4. The number of rotatable bonds is 9. The van der Waals surface area contributed by atoms with Crippen molar-refractivity contribution in [1.29, 1.82) is 0 Å². The smallest absolute Gasteiger partial charge is 0.253 e. The minimum atomic E-state index is -0.406. The number of aromatic nitrogens is 5. The van der Waals surface area contributed by atoms with E-state index in [4.69, 9.17) is 0 Å². The van der Waals surface area contributed by atoms with Gasteiger partial charge in [-0.05, 0) is 62.7 Å². The zero-order valence-corrected chi connectivity index (χ0v) is 25.5. The maximum Gasteiger partial charge on any atom is 0.253 e. The van der Waals surface area contributed by atoms with E-state index in [0.29, 0.717) is 17.9 Å². The van der Waals surface area contributed by atoms with Crippen LogP contribution in [-0.2, 0) is 13.0 Å². The number of pyridine rings is 1. The first-order chi connectivity index (χ1) is 22.2. The third-order valence-corrected chi connectivity index (χ3v) is 8.93. The van der Waals surface area contributed by atoms with E-state index >= 15 is 0 Å². The Hall–Kier alpha value is -4.92. The van der Waals surface area contributed by atoms with E-state index < -0.39 is 6.04 Å². The molecule has 4 aromatic carbocycles. The summed E-state index contributed by atoms with van der Waals surface area (Å²) in [6, 6.07) is 39.6. The van der Waals surface area contributed by atoms with E-state index in [1.165, 1.54) is 16.7 Å². The summed E-state index contributed by atoms with van der Waals surface area (Å²) >= 11 is 0. The van der Waals surface area contributed by atoms with E-state index in [-0.39, 0.29) is 11.6 Å². The van der Waals surface area contributed by atoms with Gasteiger partial charge < -0.3 is 4.98 Å². The number of nitrogens with one attached hydrogen (secondary N) is 1. The molecule has 0 amide bonds. The fourth-order valence-corrected chi connectivity index (χ4v) is 6.61. The molecule has 8 nitrogen and oxygen atoms in total. The summed E-state index contributed by atoms with van der Waals surface area (Å²) in [5, 5.41) is 14.1. The normalized spacial score (nSPS) is 15.1. The molecule has 1 fully saturated rings. The van der Waals surface area contributed by atoms with Gasteiger partial charge in [0.15, 0.2) is 5.82 Å². The van der Waals surface area contributed by atoms with Crippen LogP contribution in [0.25, 0.3) is 10.9 Å². The Balaban J connectivity index is 1.26. The third-order valence-electron chi connectivity index (χ3n) is 8.93. The zero-order valence-electron chi connectivity index (χ0n) is 25.5. The summed E-state index contributed by atoms with van der Waals surface area (Å²) < 4.78 is 1.84. The van der Waals surface area contributed by atoms with Crippen LogP contribution in [0, 0.1) is 0 Å². The molecule has 7 rings (SSSR count). The monoisotopic (exact) mass is 595 g/mol. The lowest BCUT2D eigenvalue weighted by atomic mass is 9.96. The Kier molecular flexibility index (Phi) is 8.31. The fourth-order valence-electron chi connectivity index (χ4n) is 6.61. The van der Waals surface area contributed by atoms with Crippen LogP contribution in [0.15, 0.2) is 120 Å². The van der Waals surface area contributed by atoms with Crippen molar-refractivity contribution in [2.75, 3.05) is 26.2 Å². The van der Waals surface area contributed by atoms with Gasteiger partial charge in [-0.2, -0.15) is 0 Å². The molecular weight excluding hydrogens is 558 g/mol. The lowest BCUT2D eigenvalue weighted by molar-refractivity contribution is 0.0857. The van der Waals surface area contributed by atoms with Crippen LogP contribution in [0.4, 0.5) is 0 Å². The number of fused-ring (bicyclic) bond motifs is 1. The number of hydrogen-bond acceptors (Lipinski definition) is 6. The van der Waals surface area contributed by atoms with Gasteiger partial charge in [0, 0.05) is 37.3 Å². The van der Waals surface area contributed by atoms with Crippen molar-refractivity contribution in [1.82, 2.24) is 35.0 Å². The van der Waals surface area contributed by atoms with Crippen LogP contribution in [0.5, 0.6) is 0 Å². The van der Waals surface area contributed by atoms with Crippen LogP contribution in [-0.4, -0.2) is 61.2 Å². The second-order valence-electron chi connectivity index (χ2n) is 11.7. The van der Waals surface area contributed by atoms with Gasteiger partial charge >= 0.3 is 0 Å².